The van der Waals surface area contributed by atoms with E-state index < -0.39 is 0 Å². The van der Waals surface area contributed by atoms with Gasteiger partial charge in [0.1, 0.15) is 18.7 Å². The fraction of sp³-hybridized carbons (Fsp3) is 0.500. The maximum Gasteiger partial charge on any atom is 0.147 e. The van der Waals surface area contributed by atoms with Crippen molar-refractivity contribution in [3.05, 3.63) is 24.2 Å². The summed E-state index contributed by atoms with van der Waals surface area (Å²) in [5, 5.41) is 0. The molecule has 0 aliphatic heterocycles. The number of hydrogen-bond donors (Lipinski definition) is 0. The molecule has 0 N–H and O–H groups in total. The number of hydrogen-bond acceptors (Lipinski definition) is 3. The second kappa shape index (κ2) is 4.16. The van der Waals surface area contributed by atoms with E-state index >= 15 is 0 Å². The van der Waals surface area contributed by atoms with Crippen LogP contribution in [0.4, 0.5) is 0 Å². The molecule has 0 spiro atoms. The zero-order valence-corrected chi connectivity index (χ0v) is 6.74. The first-order valence-electron chi connectivity index (χ1n) is 3.48. The molecule has 3 nitrogen and oxygen atoms in total. The van der Waals surface area contributed by atoms with Crippen LogP contribution in [0.25, 0.3) is 0 Å². The number of ether oxygens (including phenoxy) is 2. The van der Waals surface area contributed by atoms with Crippen molar-refractivity contribution >= 4 is 0 Å². The van der Waals surface area contributed by atoms with Crippen LogP contribution in [0.15, 0.2) is 22.8 Å². The third-order valence-corrected chi connectivity index (χ3v) is 1.38. The molecule has 11 heavy (non-hydrogen) atoms. The summed E-state index contributed by atoms with van der Waals surface area (Å²) < 4.78 is 15.1. The van der Waals surface area contributed by atoms with E-state index in [0.29, 0.717) is 6.79 Å². The van der Waals surface area contributed by atoms with Crippen molar-refractivity contribution < 1.29 is 13.9 Å². The Kier molecular flexibility index (Phi) is 3.14. The largest absolute Gasteiger partial charge is 0.467 e. The Morgan fingerprint density at radius 3 is 3.00 bits per heavy atom. The molecule has 1 rings (SSSR count). The van der Waals surface area contributed by atoms with Crippen LogP contribution in [0.2, 0.25) is 0 Å². The first kappa shape index (κ1) is 8.30. The highest BCUT2D eigenvalue weighted by atomic mass is 16.7. The van der Waals surface area contributed by atoms with E-state index in [-0.39, 0.29) is 6.10 Å². The lowest BCUT2D eigenvalue weighted by Crippen LogP contribution is -2.01. The van der Waals surface area contributed by atoms with E-state index in [2.05, 4.69) is 0 Å². The van der Waals surface area contributed by atoms with Gasteiger partial charge in [-0.2, -0.15) is 0 Å². The van der Waals surface area contributed by atoms with Gasteiger partial charge in [-0.1, -0.05) is 0 Å². The summed E-state index contributed by atoms with van der Waals surface area (Å²) in [5.41, 5.74) is 0. The van der Waals surface area contributed by atoms with Crippen LogP contribution >= 0.6 is 0 Å². The van der Waals surface area contributed by atoms with Crippen molar-refractivity contribution in [1.82, 2.24) is 0 Å². The van der Waals surface area contributed by atoms with Gasteiger partial charge in [0, 0.05) is 7.11 Å². The van der Waals surface area contributed by atoms with Gasteiger partial charge in [-0.15, -0.1) is 0 Å². The van der Waals surface area contributed by atoms with Gasteiger partial charge in [0.2, 0.25) is 0 Å². The van der Waals surface area contributed by atoms with E-state index in [1.807, 2.05) is 19.1 Å². The summed E-state index contributed by atoms with van der Waals surface area (Å²) in [4.78, 5) is 0. The lowest BCUT2D eigenvalue weighted by Gasteiger charge is -2.08. The molecular weight excluding hydrogens is 144 g/mol. The van der Waals surface area contributed by atoms with Crippen LogP contribution in [0.1, 0.15) is 18.8 Å². The highest BCUT2D eigenvalue weighted by Crippen LogP contribution is 2.15. The molecule has 1 aromatic rings. The first-order chi connectivity index (χ1) is 5.34. The predicted molar refractivity (Wildman–Crippen MR) is 40.1 cm³/mol. The minimum atomic E-state index is -0.0371. The third-order valence-electron chi connectivity index (χ3n) is 1.38. The molecule has 1 unspecified atom stereocenters. The van der Waals surface area contributed by atoms with Gasteiger partial charge in [-0.25, -0.2) is 0 Å². The molecule has 0 saturated heterocycles. The average Bonchev–Trinajstić information content (AvgIpc) is 2.52. The second-order valence-corrected chi connectivity index (χ2v) is 2.23. The molecule has 1 heterocycles. The van der Waals surface area contributed by atoms with Gasteiger partial charge in [0.15, 0.2) is 0 Å². The minimum absolute atomic E-state index is 0.0371. The summed E-state index contributed by atoms with van der Waals surface area (Å²) in [6, 6.07) is 3.71. The lowest BCUT2D eigenvalue weighted by molar-refractivity contribution is -0.0728. The van der Waals surface area contributed by atoms with Crippen molar-refractivity contribution in [3.8, 4) is 0 Å². The molecule has 1 aromatic heterocycles. The molecular formula is C8H12O3. The van der Waals surface area contributed by atoms with Gasteiger partial charge in [-0.3, -0.25) is 0 Å². The Morgan fingerprint density at radius 1 is 1.64 bits per heavy atom. The summed E-state index contributed by atoms with van der Waals surface area (Å²) in [6.07, 6.45) is 1.59. The summed E-state index contributed by atoms with van der Waals surface area (Å²) in [7, 11) is 1.59. The van der Waals surface area contributed by atoms with Crippen molar-refractivity contribution in [2.45, 2.75) is 13.0 Å². The molecule has 0 saturated carbocycles. The van der Waals surface area contributed by atoms with Gasteiger partial charge in [-0.05, 0) is 19.1 Å². The van der Waals surface area contributed by atoms with Crippen LogP contribution in [0, 0.1) is 0 Å². The highest BCUT2D eigenvalue weighted by Gasteiger charge is 2.06. The van der Waals surface area contributed by atoms with E-state index in [1.165, 1.54) is 0 Å². The van der Waals surface area contributed by atoms with Crippen LogP contribution in [-0.4, -0.2) is 13.9 Å². The van der Waals surface area contributed by atoms with Crippen molar-refractivity contribution in [1.29, 1.82) is 0 Å². The standard InChI is InChI=1S/C8H12O3/c1-7(11-6-9-2)8-4-3-5-10-8/h3-5,7H,6H2,1-2H3. The topological polar surface area (TPSA) is 31.6 Å². The van der Waals surface area contributed by atoms with Crippen molar-refractivity contribution in [2.24, 2.45) is 0 Å². The average molecular weight is 156 g/mol. The molecule has 3 heteroatoms. The Balaban J connectivity index is 2.36. The monoisotopic (exact) mass is 156 g/mol. The second-order valence-electron chi connectivity index (χ2n) is 2.23. The Bertz CT molecular complexity index is 181. The molecule has 0 radical (unpaired) electrons. The van der Waals surface area contributed by atoms with Crippen LogP contribution in [0.5, 0.6) is 0 Å². The molecule has 0 amide bonds. The van der Waals surface area contributed by atoms with Crippen LogP contribution in [0.3, 0.4) is 0 Å². The maximum atomic E-state index is 5.22. The highest BCUT2D eigenvalue weighted by molar-refractivity contribution is 5.00. The van der Waals surface area contributed by atoms with Crippen molar-refractivity contribution in [3.63, 3.8) is 0 Å². The van der Waals surface area contributed by atoms with Crippen LogP contribution < -0.4 is 0 Å². The fourth-order valence-electron chi connectivity index (χ4n) is 0.775. The Labute approximate surface area is 65.9 Å². The number of methoxy groups -OCH3 is 1. The number of furan rings is 1. The van der Waals surface area contributed by atoms with Gasteiger partial charge in [0.05, 0.1) is 6.26 Å². The fourth-order valence-corrected chi connectivity index (χ4v) is 0.775. The lowest BCUT2D eigenvalue weighted by atomic mass is 10.3. The zero-order chi connectivity index (χ0) is 8.10. The van der Waals surface area contributed by atoms with E-state index in [4.69, 9.17) is 13.9 Å². The van der Waals surface area contributed by atoms with Crippen molar-refractivity contribution in [2.75, 3.05) is 13.9 Å². The molecule has 0 fully saturated rings. The van der Waals surface area contributed by atoms with Gasteiger partial charge < -0.3 is 13.9 Å². The zero-order valence-electron chi connectivity index (χ0n) is 6.74. The quantitative estimate of drug-likeness (QED) is 0.624. The minimum Gasteiger partial charge on any atom is -0.467 e. The van der Waals surface area contributed by atoms with Gasteiger partial charge in [0.25, 0.3) is 0 Å². The predicted octanol–water partition coefficient (Wildman–Crippen LogP) is 1.96. The normalized spacial score (nSPS) is 13.3. The van der Waals surface area contributed by atoms with Crippen LogP contribution in [-0.2, 0) is 9.47 Å². The first-order valence-corrected chi connectivity index (χ1v) is 3.48. The Morgan fingerprint density at radius 2 is 2.45 bits per heavy atom. The summed E-state index contributed by atoms with van der Waals surface area (Å²) in [6.45, 7) is 2.21. The Hall–Kier alpha value is -0.800. The number of rotatable bonds is 4. The molecule has 0 bridgehead atoms. The maximum absolute atomic E-state index is 5.22. The summed E-state index contributed by atoms with van der Waals surface area (Å²) >= 11 is 0. The molecule has 0 aromatic carbocycles. The van der Waals surface area contributed by atoms with E-state index in [1.54, 1.807) is 13.4 Å². The third kappa shape index (κ3) is 2.37. The van der Waals surface area contributed by atoms with E-state index in [9.17, 15) is 0 Å². The molecule has 0 aliphatic rings. The van der Waals surface area contributed by atoms with Gasteiger partial charge >= 0.3 is 0 Å². The molecule has 0 aliphatic carbocycles. The van der Waals surface area contributed by atoms with E-state index in [0.717, 1.165) is 5.76 Å². The smallest absolute Gasteiger partial charge is 0.147 e. The summed E-state index contributed by atoms with van der Waals surface area (Å²) in [5.74, 6) is 0.821. The molecule has 62 valence electrons. The SMILES string of the molecule is COCOC(C)c1ccco1. The molecule has 1 atom stereocenters.